The molecule has 1 saturated heterocycles. The fourth-order valence-electron chi connectivity index (χ4n) is 4.18. The van der Waals surface area contributed by atoms with Crippen LogP contribution in [0.1, 0.15) is 23.3 Å². The third-order valence-corrected chi connectivity index (χ3v) is 6.79. The van der Waals surface area contributed by atoms with E-state index < -0.39 is 17.5 Å². The van der Waals surface area contributed by atoms with Crippen LogP contribution in [0.25, 0.3) is 10.6 Å². The highest BCUT2D eigenvalue weighted by Crippen LogP contribution is 2.41. The second-order valence-electron chi connectivity index (χ2n) is 8.08. The molecule has 0 atom stereocenters. The number of nitrogens with one attached hydrogen (secondary N) is 2. The molecule has 32 heavy (non-hydrogen) atoms. The summed E-state index contributed by atoms with van der Waals surface area (Å²) in [5.41, 5.74) is 11.8. The predicted molar refractivity (Wildman–Crippen MR) is 120 cm³/mol. The number of carbonyl (C=O) groups excluding carboxylic acids is 1. The highest BCUT2D eigenvalue weighted by Gasteiger charge is 2.54. The zero-order chi connectivity index (χ0) is 23.0. The molecule has 0 unspecified atom stereocenters. The van der Waals surface area contributed by atoms with Gasteiger partial charge in [0.25, 0.3) is 11.7 Å². The van der Waals surface area contributed by atoms with Gasteiger partial charge in [-0.1, -0.05) is 17.4 Å². The molecule has 2 aromatic rings. The maximum absolute atomic E-state index is 14.1. The first-order valence-corrected chi connectivity index (χ1v) is 11.1. The van der Waals surface area contributed by atoms with Gasteiger partial charge in [0.05, 0.1) is 19.2 Å². The third kappa shape index (κ3) is 3.93. The maximum atomic E-state index is 14.1. The second-order valence-corrected chi connectivity index (χ2v) is 9.11. The van der Waals surface area contributed by atoms with E-state index >= 15 is 0 Å². The number of piperazine rings is 1. The van der Waals surface area contributed by atoms with Gasteiger partial charge in [0.2, 0.25) is 0 Å². The van der Waals surface area contributed by atoms with Crippen LogP contribution in [0.3, 0.4) is 0 Å². The number of hydrogen-bond donors (Lipinski definition) is 4. The zero-order valence-electron chi connectivity index (χ0n) is 17.9. The zero-order valence-corrected chi connectivity index (χ0v) is 18.7. The number of halogens is 2. The van der Waals surface area contributed by atoms with Crippen molar-refractivity contribution in [1.29, 1.82) is 0 Å². The standard InChI is InChI=1S/C21H25F2N7OS/c1-26-18(30-9-8-29(2)11-21(30)6-7-21)14(10-24)27-19(31)16-17(25)32-20(28-16)15-12(22)4-3-5-13(15)23/h3-5,10H,6-9,11H2,1-2H3,(H5,24,25,26,27,31)/p+1. The van der Waals surface area contributed by atoms with Gasteiger partial charge in [0.1, 0.15) is 32.9 Å². The van der Waals surface area contributed by atoms with E-state index in [-0.39, 0.29) is 26.8 Å². The summed E-state index contributed by atoms with van der Waals surface area (Å²) in [6.45, 7) is 2.60. The van der Waals surface area contributed by atoms with Gasteiger partial charge in [0, 0.05) is 19.3 Å². The number of rotatable bonds is 4. The van der Waals surface area contributed by atoms with Crippen molar-refractivity contribution in [3.63, 3.8) is 0 Å². The van der Waals surface area contributed by atoms with E-state index in [4.69, 9.17) is 11.5 Å². The van der Waals surface area contributed by atoms with Crippen molar-refractivity contribution >= 4 is 28.1 Å². The van der Waals surface area contributed by atoms with Crippen LogP contribution in [0.5, 0.6) is 0 Å². The number of nitrogens with zero attached hydrogens (tertiary/aromatic N) is 3. The van der Waals surface area contributed by atoms with Crippen LogP contribution in [0.15, 0.2) is 30.1 Å². The number of anilines is 1. The Balaban J connectivity index is 1.62. The molecule has 1 amide bonds. The van der Waals surface area contributed by atoms with Gasteiger partial charge in [-0.25, -0.2) is 13.8 Å². The Labute approximate surface area is 188 Å². The Morgan fingerprint density at radius 1 is 1.34 bits per heavy atom. The van der Waals surface area contributed by atoms with Gasteiger partial charge in [-0.05, 0) is 32.0 Å². The molecular formula is C21H26F2N7OS+. The maximum Gasteiger partial charge on any atom is 0.295 e. The normalized spacial score (nSPS) is 19.7. The Morgan fingerprint density at radius 3 is 2.62 bits per heavy atom. The van der Waals surface area contributed by atoms with Crippen molar-refractivity contribution in [2.75, 3.05) is 39.5 Å². The van der Waals surface area contributed by atoms with Gasteiger partial charge < -0.3 is 16.8 Å². The molecule has 6 N–H and O–H groups in total. The molecule has 8 nitrogen and oxygen atoms in total. The minimum atomic E-state index is -0.774. The average molecular weight is 463 g/mol. The van der Waals surface area contributed by atoms with Crippen LogP contribution in [-0.2, 0) is 0 Å². The van der Waals surface area contributed by atoms with Crippen LogP contribution in [0.2, 0.25) is 0 Å². The van der Waals surface area contributed by atoms with Gasteiger partial charge in [-0.3, -0.25) is 19.6 Å². The van der Waals surface area contributed by atoms with Crippen LogP contribution >= 0.6 is 11.3 Å². The molecule has 0 bridgehead atoms. The number of likely N-dealkylation sites (N-methyl/N-ethyl adjacent to an activating group) is 2. The summed E-state index contributed by atoms with van der Waals surface area (Å²) in [7, 11) is 3.87. The summed E-state index contributed by atoms with van der Waals surface area (Å²) in [5.74, 6) is -1.45. The van der Waals surface area contributed by atoms with Gasteiger partial charge in [-0.2, -0.15) is 0 Å². The fraction of sp³-hybridized carbons (Fsp3) is 0.381. The first-order valence-electron chi connectivity index (χ1n) is 10.2. The van der Waals surface area contributed by atoms with Gasteiger partial charge >= 0.3 is 0 Å². The minimum Gasteiger partial charge on any atom is -0.403 e. The van der Waals surface area contributed by atoms with Gasteiger partial charge in [-0.15, -0.1) is 0 Å². The first kappa shape index (κ1) is 22.2. The van der Waals surface area contributed by atoms with E-state index in [0.717, 1.165) is 55.9 Å². The van der Waals surface area contributed by atoms with E-state index in [1.54, 1.807) is 7.05 Å². The molecule has 1 aliphatic heterocycles. The lowest BCUT2D eigenvalue weighted by Gasteiger charge is -2.32. The SMILES string of the molecule is CNC(/C(=C\N)NC(=O)c1nc(-c2c(F)cccc2F)sc1N)=[N+]1CCN(C)CC12CC2. The average Bonchev–Trinajstić information content (AvgIpc) is 3.40. The molecule has 11 heteroatoms. The van der Waals surface area contributed by atoms with E-state index in [1.807, 2.05) is 0 Å². The molecule has 0 radical (unpaired) electrons. The number of thiazole rings is 1. The number of hydrogen-bond acceptors (Lipinski definition) is 6. The van der Waals surface area contributed by atoms with Crippen LogP contribution < -0.4 is 22.1 Å². The van der Waals surface area contributed by atoms with Crippen molar-refractivity contribution in [3.8, 4) is 10.6 Å². The molecule has 170 valence electrons. The molecule has 1 aromatic carbocycles. The summed E-state index contributed by atoms with van der Waals surface area (Å²) in [5, 5.41) is 5.98. The van der Waals surface area contributed by atoms with Crippen molar-refractivity contribution in [2.24, 2.45) is 5.73 Å². The summed E-state index contributed by atoms with van der Waals surface area (Å²) in [6, 6.07) is 3.52. The lowest BCUT2D eigenvalue weighted by molar-refractivity contribution is -0.594. The van der Waals surface area contributed by atoms with E-state index in [9.17, 15) is 13.6 Å². The first-order chi connectivity index (χ1) is 15.3. The topological polar surface area (TPSA) is 112 Å². The molecule has 4 rings (SSSR count). The van der Waals surface area contributed by atoms with E-state index in [1.165, 1.54) is 12.3 Å². The largest absolute Gasteiger partial charge is 0.403 e. The highest BCUT2D eigenvalue weighted by atomic mass is 32.1. The minimum absolute atomic E-state index is 0.00431. The quantitative estimate of drug-likeness (QED) is 0.403. The van der Waals surface area contributed by atoms with Crippen LogP contribution in [0.4, 0.5) is 13.8 Å². The van der Waals surface area contributed by atoms with Crippen molar-refractivity contribution in [1.82, 2.24) is 20.5 Å². The molecule has 1 aromatic heterocycles. The Hall–Kier alpha value is -3.05. The van der Waals surface area contributed by atoms with Gasteiger partial charge in [0.15, 0.2) is 5.69 Å². The molecular weight excluding hydrogens is 436 g/mol. The summed E-state index contributed by atoms with van der Waals surface area (Å²) in [6.07, 6.45) is 3.44. The Morgan fingerprint density at radius 2 is 2.03 bits per heavy atom. The second kappa shape index (κ2) is 8.47. The smallest absolute Gasteiger partial charge is 0.295 e. The molecule has 2 fully saturated rings. The molecule has 2 aliphatic rings. The summed E-state index contributed by atoms with van der Waals surface area (Å²) < 4.78 is 30.5. The number of aromatic nitrogens is 1. The summed E-state index contributed by atoms with van der Waals surface area (Å²) >= 11 is 0.848. The number of amidine groups is 1. The van der Waals surface area contributed by atoms with E-state index in [0.29, 0.717) is 11.5 Å². The molecule has 1 spiro atoms. The molecule has 1 saturated carbocycles. The fourth-order valence-corrected chi connectivity index (χ4v) is 5.05. The van der Waals surface area contributed by atoms with Crippen LogP contribution in [-0.4, -0.2) is 65.5 Å². The lowest BCUT2D eigenvalue weighted by Crippen LogP contribution is -2.54. The third-order valence-electron chi connectivity index (χ3n) is 5.89. The Bertz CT molecular complexity index is 1100. The van der Waals surface area contributed by atoms with Crippen molar-refractivity contribution in [2.45, 2.75) is 18.4 Å². The predicted octanol–water partition coefficient (Wildman–Crippen LogP) is 1.31. The number of benzene rings is 1. The van der Waals surface area contributed by atoms with Crippen LogP contribution in [0, 0.1) is 11.6 Å². The number of carbonyl (C=O) groups is 1. The molecule has 2 heterocycles. The Kier molecular flexibility index (Phi) is 5.87. The van der Waals surface area contributed by atoms with E-state index in [2.05, 4.69) is 32.1 Å². The summed E-state index contributed by atoms with van der Waals surface area (Å²) in [4.78, 5) is 19.4. The number of amides is 1. The lowest BCUT2D eigenvalue weighted by atomic mass is 10.1. The molecule has 1 aliphatic carbocycles. The number of nitrogen functional groups attached to an aromatic ring is 1. The number of nitrogens with two attached hydrogens (primary N) is 2. The van der Waals surface area contributed by atoms with Crippen molar-refractivity contribution < 1.29 is 18.2 Å². The van der Waals surface area contributed by atoms with Crippen molar-refractivity contribution in [3.05, 3.63) is 47.4 Å². The highest BCUT2D eigenvalue weighted by molar-refractivity contribution is 7.19. The monoisotopic (exact) mass is 462 g/mol.